The summed E-state index contributed by atoms with van der Waals surface area (Å²) in [7, 11) is 0.537. The van der Waals surface area contributed by atoms with Gasteiger partial charge < -0.3 is 10.6 Å². The van der Waals surface area contributed by atoms with Crippen LogP contribution in [0.5, 0.6) is 0 Å². The molecular formula is C12H17N3O4S. The quantitative estimate of drug-likeness (QED) is 0.605. The maximum absolute atomic E-state index is 11.9. The highest BCUT2D eigenvalue weighted by Crippen LogP contribution is 2.24. The zero-order valence-corrected chi connectivity index (χ0v) is 12.3. The fourth-order valence-corrected chi connectivity index (χ4v) is 1.81. The van der Waals surface area contributed by atoms with Crippen molar-refractivity contribution in [2.75, 3.05) is 25.2 Å². The Balaban J connectivity index is 2.86. The third-order valence-corrected chi connectivity index (χ3v) is 4.14. The van der Waals surface area contributed by atoms with Crippen LogP contribution < -0.4 is 10.6 Å². The second-order valence-corrected chi connectivity index (χ2v) is 6.06. The van der Waals surface area contributed by atoms with E-state index in [9.17, 15) is 19.1 Å². The molecule has 0 aliphatic carbocycles. The molecule has 0 bridgehead atoms. The molecule has 0 aliphatic rings. The first kappa shape index (κ1) is 16.1. The van der Waals surface area contributed by atoms with Gasteiger partial charge in [-0.15, -0.1) is 0 Å². The fraction of sp³-hybridized carbons (Fsp3) is 0.417. The predicted octanol–water partition coefficient (Wildman–Crippen LogP) is 1.13. The summed E-state index contributed by atoms with van der Waals surface area (Å²) >= 11 is 0. The number of anilines is 1. The van der Waals surface area contributed by atoms with Crippen LogP contribution in [0, 0.1) is 10.1 Å². The molecule has 2 unspecified atom stereocenters. The molecule has 0 saturated carbocycles. The Morgan fingerprint density at radius 2 is 2.15 bits per heavy atom. The van der Waals surface area contributed by atoms with Crippen LogP contribution in [0.3, 0.4) is 0 Å². The number of nitrogens with zero attached hydrogens (tertiary/aromatic N) is 1. The lowest BCUT2D eigenvalue weighted by Gasteiger charge is -2.10. The first-order chi connectivity index (χ1) is 9.36. The lowest BCUT2D eigenvalue weighted by molar-refractivity contribution is -0.384. The lowest BCUT2D eigenvalue weighted by Crippen LogP contribution is -2.32. The number of nitro benzene ring substituents is 1. The van der Waals surface area contributed by atoms with Crippen LogP contribution in [0.25, 0.3) is 0 Å². The third kappa shape index (κ3) is 4.02. The van der Waals surface area contributed by atoms with Crippen LogP contribution in [0.4, 0.5) is 11.4 Å². The summed E-state index contributed by atoms with van der Waals surface area (Å²) in [6.45, 7) is 2.01. The summed E-state index contributed by atoms with van der Waals surface area (Å²) in [6.07, 6.45) is 1.56. The minimum absolute atomic E-state index is 0.160. The number of carbonyl (C=O) groups excluding carboxylic acids is 1. The van der Waals surface area contributed by atoms with Crippen LogP contribution >= 0.6 is 0 Å². The van der Waals surface area contributed by atoms with Crippen molar-refractivity contribution in [3.8, 4) is 0 Å². The van der Waals surface area contributed by atoms with Crippen LogP contribution in [0.15, 0.2) is 18.2 Å². The van der Waals surface area contributed by atoms with Gasteiger partial charge in [0, 0.05) is 47.5 Å². The molecular weight excluding hydrogens is 282 g/mol. The minimum Gasteiger partial charge on any atom is -0.383 e. The average Bonchev–Trinajstić information content (AvgIpc) is 2.43. The number of hydrogen-bond acceptors (Lipinski definition) is 5. The lowest BCUT2D eigenvalue weighted by atomic mass is 10.1. The van der Waals surface area contributed by atoms with Crippen LogP contribution in [-0.2, 0) is 10.8 Å². The van der Waals surface area contributed by atoms with E-state index in [1.807, 2.05) is 0 Å². The second-order valence-electron chi connectivity index (χ2n) is 4.26. The van der Waals surface area contributed by atoms with Gasteiger partial charge in [0.05, 0.1) is 4.92 Å². The maximum Gasteiger partial charge on any atom is 0.293 e. The SMILES string of the molecule is CNc1ccc(C(=O)NCC(C)S(C)=O)cc1[N+](=O)[O-]. The monoisotopic (exact) mass is 299 g/mol. The van der Waals surface area contributed by atoms with Crippen molar-refractivity contribution >= 4 is 28.1 Å². The molecule has 0 fully saturated rings. The summed E-state index contributed by atoms with van der Waals surface area (Å²) in [5.74, 6) is -0.423. The molecule has 110 valence electrons. The third-order valence-electron chi connectivity index (χ3n) is 2.84. The van der Waals surface area contributed by atoms with E-state index >= 15 is 0 Å². The van der Waals surface area contributed by atoms with Crippen LogP contribution in [0.2, 0.25) is 0 Å². The normalized spacial score (nSPS) is 13.3. The molecule has 0 spiro atoms. The van der Waals surface area contributed by atoms with Gasteiger partial charge in [0.15, 0.2) is 0 Å². The van der Waals surface area contributed by atoms with Crippen LogP contribution in [0.1, 0.15) is 17.3 Å². The number of rotatable bonds is 6. The summed E-state index contributed by atoms with van der Waals surface area (Å²) < 4.78 is 11.2. The largest absolute Gasteiger partial charge is 0.383 e. The molecule has 0 aliphatic heterocycles. The smallest absolute Gasteiger partial charge is 0.293 e. The average molecular weight is 299 g/mol. The van der Waals surface area contributed by atoms with E-state index in [1.54, 1.807) is 20.2 Å². The predicted molar refractivity (Wildman–Crippen MR) is 78.5 cm³/mol. The highest BCUT2D eigenvalue weighted by atomic mass is 32.2. The van der Waals surface area contributed by atoms with Gasteiger partial charge >= 0.3 is 0 Å². The highest BCUT2D eigenvalue weighted by molar-refractivity contribution is 7.84. The molecule has 2 atom stereocenters. The Labute approximate surface area is 119 Å². The van der Waals surface area contributed by atoms with Gasteiger partial charge in [0.2, 0.25) is 0 Å². The first-order valence-corrected chi connectivity index (χ1v) is 7.55. The van der Waals surface area contributed by atoms with Gasteiger partial charge in [-0.1, -0.05) is 0 Å². The number of amides is 1. The van der Waals surface area contributed by atoms with E-state index in [0.717, 1.165) is 0 Å². The van der Waals surface area contributed by atoms with Gasteiger partial charge in [0.25, 0.3) is 11.6 Å². The summed E-state index contributed by atoms with van der Waals surface area (Å²) in [6, 6.07) is 4.20. The van der Waals surface area contributed by atoms with E-state index in [1.165, 1.54) is 18.2 Å². The van der Waals surface area contributed by atoms with Gasteiger partial charge in [-0.25, -0.2) is 0 Å². The van der Waals surface area contributed by atoms with Crippen LogP contribution in [-0.4, -0.2) is 40.1 Å². The van der Waals surface area contributed by atoms with Crippen molar-refractivity contribution in [3.63, 3.8) is 0 Å². The summed E-state index contributed by atoms with van der Waals surface area (Å²) in [5, 5.41) is 16.0. The molecule has 7 nitrogen and oxygen atoms in total. The molecule has 1 aromatic carbocycles. The van der Waals surface area contributed by atoms with Gasteiger partial charge in [-0.2, -0.15) is 0 Å². The second kappa shape index (κ2) is 6.99. The Morgan fingerprint density at radius 1 is 1.50 bits per heavy atom. The van der Waals surface area contributed by atoms with E-state index in [4.69, 9.17) is 0 Å². The van der Waals surface area contributed by atoms with Gasteiger partial charge in [-0.3, -0.25) is 19.1 Å². The molecule has 0 radical (unpaired) electrons. The van der Waals surface area contributed by atoms with Crippen molar-refractivity contribution in [2.45, 2.75) is 12.2 Å². The van der Waals surface area contributed by atoms with E-state index in [2.05, 4.69) is 10.6 Å². The Morgan fingerprint density at radius 3 is 2.65 bits per heavy atom. The molecule has 2 N–H and O–H groups in total. The Kier molecular flexibility index (Phi) is 5.63. The standard InChI is InChI=1S/C12H17N3O4S/c1-8(20(3)19)7-14-12(16)9-4-5-10(13-2)11(6-9)15(17)18/h4-6,8,13H,7H2,1-3H3,(H,14,16). The van der Waals surface area contributed by atoms with Gasteiger partial charge in [-0.05, 0) is 19.1 Å². The molecule has 20 heavy (non-hydrogen) atoms. The van der Waals surface area contributed by atoms with E-state index in [-0.39, 0.29) is 23.0 Å². The van der Waals surface area contributed by atoms with Crippen molar-refractivity contribution in [1.29, 1.82) is 0 Å². The van der Waals surface area contributed by atoms with Crippen molar-refractivity contribution in [2.24, 2.45) is 0 Å². The molecule has 8 heteroatoms. The number of hydrogen-bond donors (Lipinski definition) is 2. The molecule has 0 aromatic heterocycles. The first-order valence-electron chi connectivity index (χ1n) is 5.93. The Hall–Kier alpha value is -1.96. The van der Waals surface area contributed by atoms with Crippen molar-refractivity contribution in [3.05, 3.63) is 33.9 Å². The number of benzene rings is 1. The summed E-state index contributed by atoms with van der Waals surface area (Å²) in [5.41, 5.74) is 0.381. The van der Waals surface area contributed by atoms with Gasteiger partial charge in [0.1, 0.15) is 5.69 Å². The minimum atomic E-state index is -1.03. The molecule has 0 saturated heterocycles. The topological polar surface area (TPSA) is 101 Å². The number of nitro groups is 1. The maximum atomic E-state index is 11.9. The summed E-state index contributed by atoms with van der Waals surface area (Å²) in [4.78, 5) is 22.2. The molecule has 1 rings (SSSR count). The molecule has 1 amide bonds. The number of nitrogens with one attached hydrogen (secondary N) is 2. The highest BCUT2D eigenvalue weighted by Gasteiger charge is 2.17. The van der Waals surface area contributed by atoms with E-state index in [0.29, 0.717) is 5.69 Å². The van der Waals surface area contributed by atoms with Crippen molar-refractivity contribution in [1.82, 2.24) is 5.32 Å². The fourth-order valence-electron chi connectivity index (χ4n) is 1.49. The number of carbonyl (C=O) groups is 1. The van der Waals surface area contributed by atoms with E-state index < -0.39 is 21.6 Å². The van der Waals surface area contributed by atoms with Crippen molar-refractivity contribution < 1.29 is 13.9 Å². The Bertz CT molecular complexity index is 548. The zero-order chi connectivity index (χ0) is 15.3. The molecule has 0 heterocycles. The molecule has 1 aromatic rings. The zero-order valence-electron chi connectivity index (χ0n) is 11.5.